The van der Waals surface area contributed by atoms with Crippen LogP contribution in [0, 0.1) is 0 Å². The molecule has 8 nitrogen and oxygen atoms in total. The SMILES string of the molecule is Cl.Cn1nnnc1-c1cccc(NC(=O)C2CNCCO2)c1. The number of ether oxygens (including phenoxy) is 1. The molecule has 1 unspecified atom stereocenters. The van der Waals surface area contributed by atoms with E-state index in [1.807, 2.05) is 24.3 Å². The Morgan fingerprint density at radius 1 is 1.50 bits per heavy atom. The van der Waals surface area contributed by atoms with Gasteiger partial charge in [-0.1, -0.05) is 12.1 Å². The second-order valence-electron chi connectivity index (χ2n) is 4.76. The van der Waals surface area contributed by atoms with E-state index in [4.69, 9.17) is 4.74 Å². The number of nitrogens with one attached hydrogen (secondary N) is 2. The van der Waals surface area contributed by atoms with Crippen molar-refractivity contribution in [1.82, 2.24) is 25.5 Å². The lowest BCUT2D eigenvalue weighted by molar-refractivity contribution is -0.128. The van der Waals surface area contributed by atoms with Crippen molar-refractivity contribution in [1.29, 1.82) is 0 Å². The number of morpholine rings is 1. The fraction of sp³-hybridized carbons (Fsp3) is 0.385. The van der Waals surface area contributed by atoms with Gasteiger partial charge in [0.05, 0.1) is 6.61 Å². The molecule has 1 amide bonds. The summed E-state index contributed by atoms with van der Waals surface area (Å²) in [5, 5.41) is 17.3. The molecule has 1 fully saturated rings. The third kappa shape index (κ3) is 3.59. The van der Waals surface area contributed by atoms with E-state index in [1.54, 1.807) is 11.7 Å². The Labute approximate surface area is 133 Å². The minimum absolute atomic E-state index is 0. The Kier molecular flexibility index (Phi) is 5.42. The Morgan fingerprint density at radius 3 is 3.05 bits per heavy atom. The van der Waals surface area contributed by atoms with E-state index in [-0.39, 0.29) is 18.3 Å². The van der Waals surface area contributed by atoms with Crippen LogP contribution in [-0.4, -0.2) is 51.9 Å². The lowest BCUT2D eigenvalue weighted by atomic mass is 10.2. The van der Waals surface area contributed by atoms with Crippen LogP contribution in [0.2, 0.25) is 0 Å². The van der Waals surface area contributed by atoms with Crippen LogP contribution in [0.3, 0.4) is 0 Å². The highest BCUT2D eigenvalue weighted by Gasteiger charge is 2.21. The molecule has 1 aromatic carbocycles. The van der Waals surface area contributed by atoms with Gasteiger partial charge in [-0.25, -0.2) is 4.68 Å². The molecule has 0 aliphatic carbocycles. The first-order chi connectivity index (χ1) is 10.2. The summed E-state index contributed by atoms with van der Waals surface area (Å²) >= 11 is 0. The van der Waals surface area contributed by atoms with Gasteiger partial charge < -0.3 is 15.4 Å². The van der Waals surface area contributed by atoms with Gasteiger partial charge in [-0.3, -0.25) is 4.79 Å². The van der Waals surface area contributed by atoms with Gasteiger partial charge in [-0.15, -0.1) is 17.5 Å². The number of benzene rings is 1. The van der Waals surface area contributed by atoms with Gasteiger partial charge >= 0.3 is 0 Å². The van der Waals surface area contributed by atoms with E-state index in [0.29, 0.717) is 24.7 Å². The van der Waals surface area contributed by atoms with Gasteiger partial charge in [0.25, 0.3) is 5.91 Å². The quantitative estimate of drug-likeness (QED) is 0.839. The molecule has 1 aliphatic rings. The predicted molar refractivity (Wildman–Crippen MR) is 82.7 cm³/mol. The van der Waals surface area contributed by atoms with Crippen LogP contribution < -0.4 is 10.6 Å². The Hall–Kier alpha value is -2.03. The van der Waals surface area contributed by atoms with Crippen molar-refractivity contribution in [2.75, 3.05) is 25.0 Å². The molecule has 2 aromatic rings. The first kappa shape index (κ1) is 16.3. The molecule has 1 aromatic heterocycles. The van der Waals surface area contributed by atoms with Crippen molar-refractivity contribution in [3.63, 3.8) is 0 Å². The number of aromatic nitrogens is 4. The van der Waals surface area contributed by atoms with Gasteiger partial charge in [0.15, 0.2) is 5.82 Å². The number of halogens is 1. The third-order valence-corrected chi connectivity index (χ3v) is 3.23. The van der Waals surface area contributed by atoms with Crippen molar-refractivity contribution in [3.8, 4) is 11.4 Å². The average molecular weight is 325 g/mol. The van der Waals surface area contributed by atoms with Crippen molar-refractivity contribution >= 4 is 24.0 Å². The minimum atomic E-state index is -0.459. The first-order valence-electron chi connectivity index (χ1n) is 6.70. The fourth-order valence-electron chi connectivity index (χ4n) is 2.17. The van der Waals surface area contributed by atoms with Crippen LogP contribution in [0.5, 0.6) is 0 Å². The van der Waals surface area contributed by atoms with Crippen molar-refractivity contribution < 1.29 is 9.53 Å². The Bertz CT molecular complexity index is 641. The highest BCUT2D eigenvalue weighted by Crippen LogP contribution is 2.19. The molecule has 9 heteroatoms. The molecule has 0 radical (unpaired) electrons. The molecule has 1 saturated heterocycles. The molecule has 2 heterocycles. The second-order valence-corrected chi connectivity index (χ2v) is 4.76. The molecule has 1 atom stereocenters. The van der Waals surface area contributed by atoms with Crippen LogP contribution >= 0.6 is 12.4 Å². The zero-order valence-electron chi connectivity index (χ0n) is 12.0. The molecular formula is C13H17ClN6O2. The predicted octanol–water partition coefficient (Wildman–Crippen LogP) is 0.226. The summed E-state index contributed by atoms with van der Waals surface area (Å²) in [6.45, 7) is 1.85. The maximum absolute atomic E-state index is 12.1. The number of carbonyl (C=O) groups excluding carboxylic acids is 1. The highest BCUT2D eigenvalue weighted by molar-refractivity contribution is 5.94. The summed E-state index contributed by atoms with van der Waals surface area (Å²) in [5.41, 5.74) is 1.53. The Morgan fingerprint density at radius 2 is 2.36 bits per heavy atom. The largest absolute Gasteiger partial charge is 0.366 e. The molecule has 22 heavy (non-hydrogen) atoms. The monoisotopic (exact) mass is 324 g/mol. The van der Waals surface area contributed by atoms with Gasteiger partial charge in [0.2, 0.25) is 0 Å². The van der Waals surface area contributed by atoms with Crippen LogP contribution in [0.4, 0.5) is 5.69 Å². The summed E-state index contributed by atoms with van der Waals surface area (Å²) in [5.74, 6) is 0.483. The molecule has 0 bridgehead atoms. The molecule has 2 N–H and O–H groups in total. The molecule has 118 valence electrons. The fourth-order valence-corrected chi connectivity index (χ4v) is 2.17. The number of hydrogen-bond donors (Lipinski definition) is 2. The summed E-state index contributed by atoms with van der Waals surface area (Å²) in [7, 11) is 1.77. The van der Waals surface area contributed by atoms with Crippen LogP contribution in [0.1, 0.15) is 0 Å². The summed E-state index contributed by atoms with van der Waals surface area (Å²) in [4.78, 5) is 12.1. The van der Waals surface area contributed by atoms with E-state index in [0.717, 1.165) is 12.1 Å². The average Bonchev–Trinajstić information content (AvgIpc) is 2.94. The second kappa shape index (κ2) is 7.30. The van der Waals surface area contributed by atoms with E-state index in [1.165, 1.54) is 0 Å². The summed E-state index contributed by atoms with van der Waals surface area (Å²) < 4.78 is 7.00. The number of tetrazole rings is 1. The van der Waals surface area contributed by atoms with E-state index in [2.05, 4.69) is 26.2 Å². The van der Waals surface area contributed by atoms with Crippen LogP contribution in [0.25, 0.3) is 11.4 Å². The maximum Gasteiger partial charge on any atom is 0.254 e. The lowest BCUT2D eigenvalue weighted by Gasteiger charge is -2.22. The molecule has 1 aliphatic heterocycles. The lowest BCUT2D eigenvalue weighted by Crippen LogP contribution is -2.45. The smallest absolute Gasteiger partial charge is 0.254 e. The van der Waals surface area contributed by atoms with Crippen molar-refractivity contribution in [3.05, 3.63) is 24.3 Å². The summed E-state index contributed by atoms with van der Waals surface area (Å²) in [6.07, 6.45) is -0.459. The molecular weight excluding hydrogens is 308 g/mol. The van der Waals surface area contributed by atoms with Crippen LogP contribution in [0.15, 0.2) is 24.3 Å². The number of carbonyl (C=O) groups is 1. The normalized spacial score (nSPS) is 17.6. The summed E-state index contributed by atoms with van der Waals surface area (Å²) in [6, 6.07) is 7.39. The van der Waals surface area contributed by atoms with E-state index >= 15 is 0 Å². The number of amides is 1. The maximum atomic E-state index is 12.1. The number of hydrogen-bond acceptors (Lipinski definition) is 6. The highest BCUT2D eigenvalue weighted by atomic mass is 35.5. The van der Waals surface area contributed by atoms with E-state index in [9.17, 15) is 4.79 Å². The standard InChI is InChI=1S/C13H16N6O2.ClH/c1-19-12(16-17-18-19)9-3-2-4-10(7-9)15-13(20)11-8-14-5-6-21-11;/h2-4,7,11,14H,5-6,8H2,1H3,(H,15,20);1H. The molecule has 3 rings (SSSR count). The number of rotatable bonds is 3. The third-order valence-electron chi connectivity index (χ3n) is 3.23. The number of nitrogens with zero attached hydrogens (tertiary/aromatic N) is 4. The molecule has 0 saturated carbocycles. The van der Waals surface area contributed by atoms with Gasteiger partial charge in [0, 0.05) is 31.4 Å². The molecule has 0 spiro atoms. The topological polar surface area (TPSA) is 94.0 Å². The van der Waals surface area contributed by atoms with Gasteiger partial charge in [0.1, 0.15) is 6.10 Å². The van der Waals surface area contributed by atoms with Crippen LogP contribution in [-0.2, 0) is 16.6 Å². The minimum Gasteiger partial charge on any atom is -0.366 e. The van der Waals surface area contributed by atoms with Crippen molar-refractivity contribution in [2.45, 2.75) is 6.10 Å². The number of anilines is 1. The van der Waals surface area contributed by atoms with Crippen molar-refractivity contribution in [2.24, 2.45) is 7.05 Å². The Balaban J connectivity index is 0.00000176. The number of aryl methyl sites for hydroxylation is 1. The zero-order chi connectivity index (χ0) is 14.7. The first-order valence-corrected chi connectivity index (χ1v) is 6.70. The van der Waals surface area contributed by atoms with Gasteiger partial charge in [-0.05, 0) is 22.6 Å². The van der Waals surface area contributed by atoms with Gasteiger partial charge in [-0.2, -0.15) is 0 Å². The van der Waals surface area contributed by atoms with E-state index < -0.39 is 6.10 Å². The zero-order valence-corrected chi connectivity index (χ0v) is 12.8.